The first-order valence-electron chi connectivity index (χ1n) is 6.66. The molecule has 0 aliphatic carbocycles. The highest BCUT2D eigenvalue weighted by Crippen LogP contribution is 2.25. The standard InChI is InChI=1S/C12H18N6O/c1-2-13-12-16-10-9(14-7-15-10)11(17-12)18-5-3-4-8(19)6-18/h7-8,19H,2-6H2,1H3,(H2,13,14,15,16,17). The fourth-order valence-electron chi connectivity index (χ4n) is 2.43. The van der Waals surface area contributed by atoms with Crippen molar-refractivity contribution in [2.24, 2.45) is 0 Å². The molecule has 19 heavy (non-hydrogen) atoms. The van der Waals surface area contributed by atoms with E-state index in [1.54, 1.807) is 6.33 Å². The van der Waals surface area contributed by atoms with Crippen LogP contribution in [0.25, 0.3) is 11.2 Å². The first-order chi connectivity index (χ1) is 9.28. The Balaban J connectivity index is 2.02. The SMILES string of the molecule is CCNc1nc(N2CCCC(O)C2)c2[nH]cnc2n1. The summed E-state index contributed by atoms with van der Waals surface area (Å²) < 4.78 is 0. The van der Waals surface area contributed by atoms with Crippen LogP contribution in [0.1, 0.15) is 19.8 Å². The molecule has 0 bridgehead atoms. The Labute approximate surface area is 111 Å². The molecule has 0 spiro atoms. The molecule has 7 heteroatoms. The van der Waals surface area contributed by atoms with Gasteiger partial charge in [0.05, 0.1) is 12.4 Å². The van der Waals surface area contributed by atoms with Crippen molar-refractivity contribution in [1.29, 1.82) is 0 Å². The van der Waals surface area contributed by atoms with Crippen LogP contribution < -0.4 is 10.2 Å². The van der Waals surface area contributed by atoms with Crippen LogP contribution in [-0.4, -0.2) is 50.8 Å². The van der Waals surface area contributed by atoms with Crippen LogP contribution in [0, 0.1) is 0 Å². The van der Waals surface area contributed by atoms with E-state index in [4.69, 9.17) is 0 Å². The maximum atomic E-state index is 9.81. The Morgan fingerprint density at radius 1 is 1.53 bits per heavy atom. The summed E-state index contributed by atoms with van der Waals surface area (Å²) in [7, 11) is 0. The molecule has 3 N–H and O–H groups in total. The van der Waals surface area contributed by atoms with E-state index >= 15 is 0 Å². The van der Waals surface area contributed by atoms with Crippen LogP contribution in [0.4, 0.5) is 11.8 Å². The van der Waals surface area contributed by atoms with Crippen molar-refractivity contribution in [3.8, 4) is 0 Å². The normalized spacial score (nSPS) is 19.9. The van der Waals surface area contributed by atoms with Gasteiger partial charge in [0.2, 0.25) is 5.95 Å². The number of piperidine rings is 1. The third kappa shape index (κ3) is 2.33. The molecule has 3 rings (SSSR count). The summed E-state index contributed by atoms with van der Waals surface area (Å²) in [5, 5.41) is 12.9. The quantitative estimate of drug-likeness (QED) is 0.756. The predicted octanol–water partition coefficient (Wildman–Crippen LogP) is 0.746. The zero-order chi connectivity index (χ0) is 13.2. The molecule has 0 amide bonds. The lowest BCUT2D eigenvalue weighted by atomic mass is 10.1. The fourth-order valence-corrected chi connectivity index (χ4v) is 2.43. The number of hydrogen-bond acceptors (Lipinski definition) is 6. The molecule has 1 aliphatic heterocycles. The minimum atomic E-state index is -0.288. The van der Waals surface area contributed by atoms with Gasteiger partial charge in [-0.25, -0.2) is 4.98 Å². The third-order valence-corrected chi connectivity index (χ3v) is 3.30. The van der Waals surface area contributed by atoms with Gasteiger partial charge in [0, 0.05) is 19.6 Å². The minimum Gasteiger partial charge on any atom is -0.391 e. The van der Waals surface area contributed by atoms with Crippen LogP contribution >= 0.6 is 0 Å². The van der Waals surface area contributed by atoms with E-state index in [0.29, 0.717) is 18.1 Å². The zero-order valence-corrected chi connectivity index (χ0v) is 10.9. The van der Waals surface area contributed by atoms with Crippen molar-refractivity contribution in [1.82, 2.24) is 19.9 Å². The number of anilines is 2. The largest absolute Gasteiger partial charge is 0.391 e. The lowest BCUT2D eigenvalue weighted by Crippen LogP contribution is -2.39. The summed E-state index contributed by atoms with van der Waals surface area (Å²) in [4.78, 5) is 18.3. The second-order valence-corrected chi connectivity index (χ2v) is 4.74. The van der Waals surface area contributed by atoms with E-state index in [9.17, 15) is 5.11 Å². The van der Waals surface area contributed by atoms with Crippen molar-refractivity contribution in [3.63, 3.8) is 0 Å². The molecule has 7 nitrogen and oxygen atoms in total. The summed E-state index contributed by atoms with van der Waals surface area (Å²) >= 11 is 0. The number of aromatic amines is 1. The van der Waals surface area contributed by atoms with Crippen LogP contribution in [0.3, 0.4) is 0 Å². The number of hydrogen-bond donors (Lipinski definition) is 3. The maximum Gasteiger partial charge on any atom is 0.226 e. The van der Waals surface area contributed by atoms with Crippen LogP contribution in [0.2, 0.25) is 0 Å². The molecule has 1 saturated heterocycles. The monoisotopic (exact) mass is 262 g/mol. The van der Waals surface area contributed by atoms with Crippen molar-refractivity contribution in [2.45, 2.75) is 25.9 Å². The summed E-state index contributed by atoms with van der Waals surface area (Å²) in [5.41, 5.74) is 1.48. The number of β-amino-alcohol motifs (C(OH)–C–C–N with tert-alkyl or cyclic N) is 1. The Morgan fingerprint density at radius 3 is 3.21 bits per heavy atom. The molecule has 1 aliphatic rings. The molecular weight excluding hydrogens is 244 g/mol. The van der Waals surface area contributed by atoms with Crippen LogP contribution in [0.15, 0.2) is 6.33 Å². The smallest absolute Gasteiger partial charge is 0.226 e. The first kappa shape index (κ1) is 12.2. The van der Waals surface area contributed by atoms with Gasteiger partial charge in [-0.3, -0.25) is 0 Å². The third-order valence-electron chi connectivity index (χ3n) is 3.30. The number of fused-ring (bicyclic) bond motifs is 1. The average molecular weight is 262 g/mol. The number of nitrogens with zero attached hydrogens (tertiary/aromatic N) is 4. The van der Waals surface area contributed by atoms with Crippen LogP contribution in [0.5, 0.6) is 0 Å². The van der Waals surface area contributed by atoms with Gasteiger partial charge in [-0.1, -0.05) is 0 Å². The Bertz CT molecular complexity index is 568. The minimum absolute atomic E-state index is 0.288. The molecule has 3 heterocycles. The van der Waals surface area contributed by atoms with Gasteiger partial charge < -0.3 is 20.3 Å². The lowest BCUT2D eigenvalue weighted by molar-refractivity contribution is 0.154. The van der Waals surface area contributed by atoms with Crippen molar-refractivity contribution < 1.29 is 5.11 Å². The van der Waals surface area contributed by atoms with E-state index < -0.39 is 0 Å². The topological polar surface area (TPSA) is 90.0 Å². The fraction of sp³-hybridized carbons (Fsp3) is 0.583. The highest BCUT2D eigenvalue weighted by atomic mass is 16.3. The number of aliphatic hydroxyl groups is 1. The van der Waals surface area contributed by atoms with Gasteiger partial charge in [0.15, 0.2) is 11.5 Å². The Hall–Kier alpha value is -1.89. The van der Waals surface area contributed by atoms with Crippen molar-refractivity contribution in [2.75, 3.05) is 29.9 Å². The highest BCUT2D eigenvalue weighted by molar-refractivity contribution is 5.84. The Kier molecular flexibility index (Phi) is 3.20. The van der Waals surface area contributed by atoms with E-state index in [0.717, 1.165) is 37.3 Å². The highest BCUT2D eigenvalue weighted by Gasteiger charge is 2.22. The molecule has 1 unspecified atom stereocenters. The van der Waals surface area contributed by atoms with Gasteiger partial charge in [-0.05, 0) is 19.8 Å². The summed E-state index contributed by atoms with van der Waals surface area (Å²) in [6, 6.07) is 0. The van der Waals surface area contributed by atoms with Crippen molar-refractivity contribution >= 4 is 22.9 Å². The second-order valence-electron chi connectivity index (χ2n) is 4.74. The number of imidazole rings is 1. The lowest BCUT2D eigenvalue weighted by Gasteiger charge is -2.31. The number of rotatable bonds is 3. The van der Waals surface area contributed by atoms with Crippen LogP contribution in [-0.2, 0) is 0 Å². The molecule has 0 radical (unpaired) electrons. The van der Waals surface area contributed by atoms with Crippen molar-refractivity contribution in [3.05, 3.63) is 6.33 Å². The Morgan fingerprint density at radius 2 is 2.42 bits per heavy atom. The average Bonchev–Trinajstić information content (AvgIpc) is 2.86. The van der Waals surface area contributed by atoms with E-state index in [-0.39, 0.29) is 6.10 Å². The summed E-state index contributed by atoms with van der Waals surface area (Å²) in [6.07, 6.45) is 3.16. The number of H-pyrrole nitrogens is 1. The van der Waals surface area contributed by atoms with Gasteiger partial charge in [-0.2, -0.15) is 9.97 Å². The zero-order valence-electron chi connectivity index (χ0n) is 10.9. The molecule has 2 aromatic rings. The molecule has 2 aromatic heterocycles. The number of nitrogens with one attached hydrogen (secondary N) is 2. The predicted molar refractivity (Wildman–Crippen MR) is 73.3 cm³/mol. The van der Waals surface area contributed by atoms with Gasteiger partial charge in [0.25, 0.3) is 0 Å². The first-order valence-corrected chi connectivity index (χ1v) is 6.66. The summed E-state index contributed by atoms with van der Waals surface area (Å²) in [5.74, 6) is 1.40. The summed E-state index contributed by atoms with van der Waals surface area (Å²) in [6.45, 7) is 4.27. The van der Waals surface area contributed by atoms with Gasteiger partial charge in [0.1, 0.15) is 5.52 Å². The number of aromatic nitrogens is 4. The van der Waals surface area contributed by atoms with E-state index in [1.165, 1.54) is 0 Å². The molecule has 1 atom stereocenters. The maximum absolute atomic E-state index is 9.81. The van der Waals surface area contributed by atoms with Gasteiger partial charge >= 0.3 is 0 Å². The molecule has 0 saturated carbocycles. The van der Waals surface area contributed by atoms with Gasteiger partial charge in [-0.15, -0.1) is 0 Å². The molecule has 1 fully saturated rings. The van der Waals surface area contributed by atoms with E-state index in [1.807, 2.05) is 6.92 Å². The van der Waals surface area contributed by atoms with E-state index in [2.05, 4.69) is 30.2 Å². The second kappa shape index (κ2) is 5.00. The molecule has 0 aromatic carbocycles. The molecular formula is C12H18N6O. The molecule has 102 valence electrons. The number of aliphatic hydroxyl groups excluding tert-OH is 1.